The summed E-state index contributed by atoms with van der Waals surface area (Å²) in [6.07, 6.45) is 9.21. The number of amides is 1. The first-order valence-corrected chi connectivity index (χ1v) is 8.95. The van der Waals surface area contributed by atoms with Gasteiger partial charge in [-0.3, -0.25) is 9.69 Å². The lowest BCUT2D eigenvalue weighted by Crippen LogP contribution is -2.54. The van der Waals surface area contributed by atoms with Gasteiger partial charge >= 0.3 is 0 Å². The molecule has 2 atom stereocenters. The van der Waals surface area contributed by atoms with Gasteiger partial charge in [0.05, 0.1) is 0 Å². The van der Waals surface area contributed by atoms with Crippen molar-refractivity contribution >= 4 is 5.91 Å². The van der Waals surface area contributed by atoms with Crippen molar-refractivity contribution in [2.24, 2.45) is 11.3 Å². The topological polar surface area (TPSA) is 32.3 Å². The monoisotopic (exact) mass is 294 g/mol. The number of hydrogen-bond acceptors (Lipinski definition) is 2. The van der Waals surface area contributed by atoms with Crippen LogP contribution in [0.15, 0.2) is 0 Å². The molecule has 0 bridgehead atoms. The first kappa shape index (κ1) is 16.8. The van der Waals surface area contributed by atoms with Gasteiger partial charge in [-0.2, -0.15) is 0 Å². The molecule has 2 aliphatic rings. The minimum absolute atomic E-state index is 0.205. The highest BCUT2D eigenvalue weighted by molar-refractivity contribution is 5.81. The average Bonchev–Trinajstić information content (AvgIpc) is 2.91. The van der Waals surface area contributed by atoms with Crippen LogP contribution in [0.2, 0.25) is 0 Å². The Balaban J connectivity index is 1.97. The molecule has 1 saturated heterocycles. The number of carbonyl (C=O) groups is 1. The predicted molar refractivity (Wildman–Crippen MR) is 88.2 cm³/mol. The molecule has 3 heteroatoms. The van der Waals surface area contributed by atoms with Gasteiger partial charge in [0.15, 0.2) is 0 Å². The predicted octanol–water partition coefficient (Wildman–Crippen LogP) is 3.58. The molecule has 2 fully saturated rings. The average molecular weight is 294 g/mol. The van der Waals surface area contributed by atoms with E-state index in [4.69, 9.17) is 0 Å². The largest absolute Gasteiger partial charge is 0.352 e. The molecule has 1 aliphatic heterocycles. The fourth-order valence-electron chi connectivity index (χ4n) is 3.93. The van der Waals surface area contributed by atoms with E-state index in [1.165, 1.54) is 51.5 Å². The molecule has 21 heavy (non-hydrogen) atoms. The van der Waals surface area contributed by atoms with Gasteiger partial charge < -0.3 is 5.32 Å². The van der Waals surface area contributed by atoms with Crippen LogP contribution >= 0.6 is 0 Å². The van der Waals surface area contributed by atoms with Crippen LogP contribution < -0.4 is 5.32 Å². The Kier molecular flexibility index (Phi) is 5.70. The minimum Gasteiger partial charge on any atom is -0.352 e. The number of hydrogen-bond donors (Lipinski definition) is 1. The molecule has 1 N–H and O–H groups in total. The van der Waals surface area contributed by atoms with E-state index in [0.717, 1.165) is 18.5 Å². The summed E-state index contributed by atoms with van der Waals surface area (Å²) in [6, 6.07) is 1.13. The number of likely N-dealkylation sites (tertiary alicyclic amines) is 1. The Morgan fingerprint density at radius 3 is 2.43 bits per heavy atom. The summed E-state index contributed by atoms with van der Waals surface area (Å²) in [5, 5.41) is 3.32. The van der Waals surface area contributed by atoms with Crippen LogP contribution in [0.1, 0.15) is 72.6 Å². The fraction of sp³-hybridized carbons (Fsp3) is 0.944. The minimum atomic E-state index is -0.282. The molecule has 0 aromatic heterocycles. The third kappa shape index (κ3) is 4.70. The molecule has 2 rings (SSSR count). The standard InChI is InChI=1S/C18H34N2O/c1-5-8-14-11-15(19-17(21)18(2,3)4)13-20(12-14)16-9-6-7-10-16/h14-16H,5-13H2,1-4H3,(H,19,21). The quantitative estimate of drug-likeness (QED) is 0.859. The zero-order valence-electron chi connectivity index (χ0n) is 14.5. The third-order valence-corrected chi connectivity index (χ3v) is 5.12. The number of nitrogens with one attached hydrogen (secondary N) is 1. The molecule has 0 aromatic rings. The van der Waals surface area contributed by atoms with Crippen molar-refractivity contribution in [3.63, 3.8) is 0 Å². The molecule has 3 nitrogen and oxygen atoms in total. The molecule has 0 spiro atoms. The van der Waals surface area contributed by atoms with Gasteiger partial charge in [0, 0.05) is 30.6 Å². The highest BCUT2D eigenvalue weighted by Crippen LogP contribution is 2.30. The Bertz CT molecular complexity index is 342. The number of carbonyl (C=O) groups excluding carboxylic acids is 1. The van der Waals surface area contributed by atoms with Crippen molar-refractivity contribution in [2.45, 2.75) is 84.7 Å². The Hall–Kier alpha value is -0.570. The SMILES string of the molecule is CCCC1CC(NC(=O)C(C)(C)C)CN(C2CCCC2)C1. The maximum atomic E-state index is 12.3. The molecule has 1 amide bonds. The molecule has 0 radical (unpaired) electrons. The van der Waals surface area contributed by atoms with Crippen LogP contribution in [-0.4, -0.2) is 36.0 Å². The lowest BCUT2D eigenvalue weighted by Gasteiger charge is -2.42. The normalized spacial score (nSPS) is 28.8. The van der Waals surface area contributed by atoms with Gasteiger partial charge in [0.2, 0.25) is 5.91 Å². The second-order valence-electron chi connectivity index (χ2n) is 8.20. The van der Waals surface area contributed by atoms with Crippen LogP contribution in [0.3, 0.4) is 0 Å². The van der Waals surface area contributed by atoms with Gasteiger partial charge in [-0.05, 0) is 31.6 Å². The number of nitrogens with zero attached hydrogens (tertiary/aromatic N) is 1. The van der Waals surface area contributed by atoms with Gasteiger partial charge in [-0.1, -0.05) is 47.0 Å². The summed E-state index contributed by atoms with van der Waals surface area (Å²) in [7, 11) is 0. The van der Waals surface area contributed by atoms with Crippen LogP contribution in [0.5, 0.6) is 0 Å². The summed E-state index contributed by atoms with van der Waals surface area (Å²) in [5.74, 6) is 0.964. The van der Waals surface area contributed by atoms with E-state index < -0.39 is 0 Å². The van der Waals surface area contributed by atoms with Crippen LogP contribution in [0, 0.1) is 11.3 Å². The van der Waals surface area contributed by atoms with Crippen LogP contribution in [-0.2, 0) is 4.79 Å². The van der Waals surface area contributed by atoms with E-state index in [9.17, 15) is 4.79 Å². The Morgan fingerprint density at radius 2 is 1.86 bits per heavy atom. The number of piperidine rings is 1. The van der Waals surface area contributed by atoms with Crippen molar-refractivity contribution in [1.29, 1.82) is 0 Å². The zero-order chi connectivity index (χ0) is 15.5. The van der Waals surface area contributed by atoms with Crippen molar-refractivity contribution in [2.75, 3.05) is 13.1 Å². The molecular formula is C18H34N2O. The molecule has 2 unspecified atom stereocenters. The highest BCUT2D eigenvalue weighted by Gasteiger charge is 2.34. The summed E-state index contributed by atoms with van der Waals surface area (Å²) < 4.78 is 0. The van der Waals surface area contributed by atoms with Crippen molar-refractivity contribution in [1.82, 2.24) is 10.2 Å². The van der Waals surface area contributed by atoms with Gasteiger partial charge in [-0.15, -0.1) is 0 Å². The molecule has 1 heterocycles. The zero-order valence-corrected chi connectivity index (χ0v) is 14.5. The smallest absolute Gasteiger partial charge is 0.225 e. The van der Waals surface area contributed by atoms with E-state index in [0.29, 0.717) is 6.04 Å². The van der Waals surface area contributed by atoms with E-state index in [2.05, 4.69) is 17.1 Å². The van der Waals surface area contributed by atoms with Gasteiger partial charge in [0.1, 0.15) is 0 Å². The molecule has 122 valence electrons. The summed E-state index contributed by atoms with van der Waals surface area (Å²) >= 11 is 0. The second-order valence-corrected chi connectivity index (χ2v) is 8.20. The molecular weight excluding hydrogens is 260 g/mol. The Labute approximate surface area is 130 Å². The lowest BCUT2D eigenvalue weighted by atomic mass is 9.88. The van der Waals surface area contributed by atoms with E-state index in [-0.39, 0.29) is 11.3 Å². The van der Waals surface area contributed by atoms with Gasteiger partial charge in [0.25, 0.3) is 0 Å². The van der Waals surface area contributed by atoms with Crippen LogP contribution in [0.25, 0.3) is 0 Å². The molecule has 1 aliphatic carbocycles. The summed E-state index contributed by atoms with van der Waals surface area (Å²) in [5.41, 5.74) is -0.282. The van der Waals surface area contributed by atoms with Crippen molar-refractivity contribution in [3.05, 3.63) is 0 Å². The second kappa shape index (κ2) is 7.13. The van der Waals surface area contributed by atoms with Crippen molar-refractivity contribution < 1.29 is 4.79 Å². The Morgan fingerprint density at radius 1 is 1.19 bits per heavy atom. The van der Waals surface area contributed by atoms with E-state index in [1.54, 1.807) is 0 Å². The number of rotatable bonds is 4. The summed E-state index contributed by atoms with van der Waals surface area (Å²) in [6.45, 7) is 10.6. The van der Waals surface area contributed by atoms with Gasteiger partial charge in [-0.25, -0.2) is 0 Å². The highest BCUT2D eigenvalue weighted by atomic mass is 16.2. The maximum Gasteiger partial charge on any atom is 0.225 e. The molecule has 1 saturated carbocycles. The molecule has 0 aromatic carbocycles. The van der Waals surface area contributed by atoms with E-state index in [1.807, 2.05) is 20.8 Å². The van der Waals surface area contributed by atoms with Crippen molar-refractivity contribution in [3.8, 4) is 0 Å². The first-order valence-electron chi connectivity index (χ1n) is 8.95. The van der Waals surface area contributed by atoms with E-state index >= 15 is 0 Å². The fourth-order valence-corrected chi connectivity index (χ4v) is 3.93. The third-order valence-electron chi connectivity index (χ3n) is 5.12. The lowest BCUT2D eigenvalue weighted by molar-refractivity contribution is -0.129. The maximum absolute atomic E-state index is 12.3. The van der Waals surface area contributed by atoms with Crippen LogP contribution in [0.4, 0.5) is 0 Å². The first-order chi connectivity index (χ1) is 9.90. The summed E-state index contributed by atoms with van der Waals surface area (Å²) in [4.78, 5) is 15.0.